The fraction of sp³-hybridized carbons (Fsp3) is 0.312. The predicted octanol–water partition coefficient (Wildman–Crippen LogP) is 2.58. The summed E-state index contributed by atoms with van der Waals surface area (Å²) in [6.45, 7) is 1.48. The Labute approximate surface area is 127 Å². The SMILES string of the molecule is c1cc(-c2n[nH]c3ccnc(OC4CCOCC4)c23)ccn1. The summed E-state index contributed by atoms with van der Waals surface area (Å²) < 4.78 is 11.5. The standard InChI is InChI=1S/C16H16N4O2/c1-6-17-7-2-11(1)15-14-13(19-20-15)3-8-18-16(14)22-12-4-9-21-10-5-12/h1-3,6-8,12H,4-5,9-10H2,(H,19,20). The Hall–Kier alpha value is -2.47. The van der Waals surface area contributed by atoms with Crippen LogP contribution in [0.2, 0.25) is 0 Å². The van der Waals surface area contributed by atoms with Crippen molar-refractivity contribution < 1.29 is 9.47 Å². The highest BCUT2D eigenvalue weighted by Crippen LogP contribution is 2.32. The van der Waals surface area contributed by atoms with Gasteiger partial charge in [-0.2, -0.15) is 5.10 Å². The van der Waals surface area contributed by atoms with E-state index in [2.05, 4.69) is 20.2 Å². The van der Waals surface area contributed by atoms with Crippen LogP contribution in [-0.4, -0.2) is 39.5 Å². The van der Waals surface area contributed by atoms with E-state index in [0.29, 0.717) is 5.88 Å². The van der Waals surface area contributed by atoms with Crippen LogP contribution >= 0.6 is 0 Å². The van der Waals surface area contributed by atoms with Gasteiger partial charge in [-0.15, -0.1) is 0 Å². The number of aromatic nitrogens is 4. The normalized spacial score (nSPS) is 16.0. The summed E-state index contributed by atoms with van der Waals surface area (Å²) in [5.41, 5.74) is 2.75. The van der Waals surface area contributed by atoms with E-state index in [1.807, 2.05) is 18.2 Å². The molecule has 0 unspecified atom stereocenters. The van der Waals surface area contributed by atoms with E-state index in [1.54, 1.807) is 18.6 Å². The summed E-state index contributed by atoms with van der Waals surface area (Å²) in [6.07, 6.45) is 7.18. The van der Waals surface area contributed by atoms with Crippen LogP contribution in [0, 0.1) is 0 Å². The molecular weight excluding hydrogens is 280 g/mol. The number of nitrogens with one attached hydrogen (secondary N) is 1. The van der Waals surface area contributed by atoms with Crippen molar-refractivity contribution in [3.8, 4) is 17.1 Å². The molecular formula is C16H16N4O2. The summed E-state index contributed by atoms with van der Waals surface area (Å²) in [4.78, 5) is 8.47. The lowest BCUT2D eigenvalue weighted by Crippen LogP contribution is -2.26. The highest BCUT2D eigenvalue weighted by atomic mass is 16.5. The molecule has 1 fully saturated rings. The van der Waals surface area contributed by atoms with Crippen LogP contribution in [0.25, 0.3) is 22.2 Å². The monoisotopic (exact) mass is 296 g/mol. The lowest BCUT2D eigenvalue weighted by Gasteiger charge is -2.23. The molecule has 6 heteroatoms. The molecule has 1 saturated heterocycles. The second-order valence-corrected chi connectivity index (χ2v) is 5.28. The minimum atomic E-state index is 0.145. The Balaban J connectivity index is 1.76. The lowest BCUT2D eigenvalue weighted by molar-refractivity contribution is 0.0244. The number of hydrogen-bond acceptors (Lipinski definition) is 5. The van der Waals surface area contributed by atoms with Gasteiger partial charge in [0.1, 0.15) is 11.8 Å². The molecule has 3 aromatic rings. The number of pyridine rings is 2. The zero-order valence-electron chi connectivity index (χ0n) is 12.0. The molecule has 0 radical (unpaired) electrons. The van der Waals surface area contributed by atoms with Crippen LogP contribution in [0.15, 0.2) is 36.8 Å². The fourth-order valence-corrected chi connectivity index (χ4v) is 2.70. The molecule has 4 heterocycles. The van der Waals surface area contributed by atoms with Gasteiger partial charge in [0.15, 0.2) is 0 Å². The Morgan fingerprint density at radius 2 is 1.91 bits per heavy atom. The van der Waals surface area contributed by atoms with E-state index in [1.165, 1.54) is 0 Å². The third kappa shape index (κ3) is 2.42. The van der Waals surface area contributed by atoms with Crippen molar-refractivity contribution in [1.82, 2.24) is 20.2 Å². The Morgan fingerprint density at radius 3 is 2.73 bits per heavy atom. The van der Waals surface area contributed by atoms with Gasteiger partial charge in [0, 0.05) is 37.0 Å². The van der Waals surface area contributed by atoms with Crippen LogP contribution in [0.4, 0.5) is 0 Å². The predicted molar refractivity (Wildman–Crippen MR) is 81.6 cm³/mol. The first-order valence-electron chi connectivity index (χ1n) is 7.40. The minimum absolute atomic E-state index is 0.145. The molecule has 0 aliphatic carbocycles. The molecule has 1 aliphatic rings. The summed E-state index contributed by atoms with van der Waals surface area (Å²) >= 11 is 0. The molecule has 0 bridgehead atoms. The molecule has 112 valence electrons. The molecule has 4 rings (SSSR count). The average molecular weight is 296 g/mol. The smallest absolute Gasteiger partial charge is 0.225 e. The topological polar surface area (TPSA) is 72.9 Å². The van der Waals surface area contributed by atoms with Gasteiger partial charge in [0.05, 0.1) is 24.1 Å². The van der Waals surface area contributed by atoms with Crippen LogP contribution < -0.4 is 4.74 Å². The Morgan fingerprint density at radius 1 is 1.09 bits per heavy atom. The van der Waals surface area contributed by atoms with E-state index in [-0.39, 0.29) is 6.10 Å². The minimum Gasteiger partial charge on any atom is -0.474 e. The molecule has 0 saturated carbocycles. The second kappa shape index (κ2) is 5.73. The third-order valence-corrected chi connectivity index (χ3v) is 3.84. The number of rotatable bonds is 3. The number of ether oxygens (including phenoxy) is 2. The summed E-state index contributed by atoms with van der Waals surface area (Å²) in [5.74, 6) is 0.630. The van der Waals surface area contributed by atoms with Gasteiger partial charge < -0.3 is 9.47 Å². The van der Waals surface area contributed by atoms with Crippen molar-refractivity contribution in [1.29, 1.82) is 0 Å². The number of hydrogen-bond donors (Lipinski definition) is 1. The fourth-order valence-electron chi connectivity index (χ4n) is 2.70. The second-order valence-electron chi connectivity index (χ2n) is 5.28. The van der Waals surface area contributed by atoms with Crippen molar-refractivity contribution in [3.05, 3.63) is 36.8 Å². The summed E-state index contributed by atoms with van der Waals surface area (Å²) in [5, 5.41) is 8.39. The van der Waals surface area contributed by atoms with Crippen molar-refractivity contribution >= 4 is 10.9 Å². The molecule has 1 N–H and O–H groups in total. The maximum atomic E-state index is 6.12. The van der Waals surface area contributed by atoms with Crippen LogP contribution in [0.5, 0.6) is 5.88 Å². The van der Waals surface area contributed by atoms with E-state index < -0.39 is 0 Å². The van der Waals surface area contributed by atoms with Gasteiger partial charge in [-0.1, -0.05) is 0 Å². The highest BCUT2D eigenvalue weighted by molar-refractivity contribution is 5.96. The number of nitrogens with zero attached hydrogens (tertiary/aromatic N) is 3. The molecule has 1 aliphatic heterocycles. The molecule has 0 atom stereocenters. The van der Waals surface area contributed by atoms with Crippen LogP contribution in [-0.2, 0) is 4.74 Å². The van der Waals surface area contributed by atoms with Crippen molar-refractivity contribution in [2.24, 2.45) is 0 Å². The lowest BCUT2D eigenvalue weighted by atomic mass is 10.1. The van der Waals surface area contributed by atoms with Gasteiger partial charge in [-0.25, -0.2) is 4.98 Å². The summed E-state index contributed by atoms with van der Waals surface area (Å²) in [6, 6.07) is 5.77. The first-order valence-corrected chi connectivity index (χ1v) is 7.40. The van der Waals surface area contributed by atoms with Gasteiger partial charge >= 0.3 is 0 Å². The molecule has 0 spiro atoms. The van der Waals surface area contributed by atoms with E-state index >= 15 is 0 Å². The molecule has 6 nitrogen and oxygen atoms in total. The van der Waals surface area contributed by atoms with Crippen molar-refractivity contribution in [2.45, 2.75) is 18.9 Å². The van der Waals surface area contributed by atoms with Gasteiger partial charge in [-0.3, -0.25) is 10.1 Å². The van der Waals surface area contributed by atoms with E-state index in [9.17, 15) is 0 Å². The maximum absolute atomic E-state index is 6.12. The average Bonchev–Trinajstić information content (AvgIpc) is 3.02. The molecule has 0 aromatic carbocycles. The van der Waals surface area contributed by atoms with Crippen LogP contribution in [0.1, 0.15) is 12.8 Å². The van der Waals surface area contributed by atoms with E-state index in [4.69, 9.17) is 9.47 Å². The third-order valence-electron chi connectivity index (χ3n) is 3.84. The van der Waals surface area contributed by atoms with Gasteiger partial charge in [0.25, 0.3) is 0 Å². The molecule has 0 amide bonds. The zero-order valence-corrected chi connectivity index (χ0v) is 12.0. The maximum Gasteiger partial charge on any atom is 0.225 e. The van der Waals surface area contributed by atoms with Gasteiger partial charge in [-0.05, 0) is 18.2 Å². The first kappa shape index (κ1) is 13.2. The number of H-pyrrole nitrogens is 1. The quantitative estimate of drug-likeness (QED) is 0.804. The number of fused-ring (bicyclic) bond motifs is 1. The van der Waals surface area contributed by atoms with Crippen molar-refractivity contribution in [3.63, 3.8) is 0 Å². The summed E-state index contributed by atoms with van der Waals surface area (Å²) in [7, 11) is 0. The molecule has 3 aromatic heterocycles. The highest BCUT2D eigenvalue weighted by Gasteiger charge is 2.20. The molecule has 22 heavy (non-hydrogen) atoms. The largest absolute Gasteiger partial charge is 0.474 e. The van der Waals surface area contributed by atoms with E-state index in [0.717, 1.165) is 48.2 Å². The van der Waals surface area contributed by atoms with Crippen molar-refractivity contribution in [2.75, 3.05) is 13.2 Å². The zero-order chi connectivity index (χ0) is 14.8. The Kier molecular flexibility index (Phi) is 3.44. The van der Waals surface area contributed by atoms with Gasteiger partial charge in [0.2, 0.25) is 5.88 Å². The first-order chi connectivity index (χ1) is 10.9. The Bertz CT molecular complexity index is 766. The number of aromatic amines is 1. The van der Waals surface area contributed by atoms with Crippen LogP contribution in [0.3, 0.4) is 0 Å².